The second-order valence-electron chi connectivity index (χ2n) is 7.73. The van der Waals surface area contributed by atoms with Crippen LogP contribution >= 0.6 is 11.8 Å². The van der Waals surface area contributed by atoms with Crippen molar-refractivity contribution in [3.8, 4) is 11.1 Å². The quantitative estimate of drug-likeness (QED) is 0.250. The van der Waals surface area contributed by atoms with Gasteiger partial charge >= 0.3 is 5.63 Å². The highest BCUT2D eigenvalue weighted by molar-refractivity contribution is 7.98. The molecule has 1 aliphatic heterocycles. The zero-order valence-corrected chi connectivity index (χ0v) is 17.7. The molecule has 0 aliphatic carbocycles. The van der Waals surface area contributed by atoms with Crippen molar-refractivity contribution in [1.82, 2.24) is 0 Å². The fourth-order valence-electron chi connectivity index (χ4n) is 4.63. The van der Waals surface area contributed by atoms with E-state index in [4.69, 9.17) is 4.42 Å². The second-order valence-corrected chi connectivity index (χ2v) is 8.61. The lowest BCUT2D eigenvalue weighted by Crippen LogP contribution is -2.25. The van der Waals surface area contributed by atoms with Gasteiger partial charge in [-0.05, 0) is 46.9 Å². The maximum absolute atomic E-state index is 13.3. The molecule has 150 valence electrons. The van der Waals surface area contributed by atoms with Crippen molar-refractivity contribution in [3.05, 3.63) is 106 Å². The topological polar surface area (TPSA) is 42.2 Å². The first-order valence-corrected chi connectivity index (χ1v) is 11.5. The third-order valence-electron chi connectivity index (χ3n) is 6.06. The van der Waals surface area contributed by atoms with Crippen LogP contribution in [0.3, 0.4) is 0 Å². The Balaban J connectivity index is 1.73. The predicted molar refractivity (Wildman–Crippen MR) is 129 cm³/mol. The van der Waals surface area contributed by atoms with Crippen molar-refractivity contribution in [2.45, 2.75) is 10.9 Å². The maximum atomic E-state index is 13.3. The number of benzene rings is 4. The Morgan fingerprint density at radius 3 is 2.35 bits per heavy atom. The van der Waals surface area contributed by atoms with Gasteiger partial charge in [0.15, 0.2) is 0 Å². The van der Waals surface area contributed by atoms with E-state index in [9.17, 15) is 4.79 Å². The van der Waals surface area contributed by atoms with Crippen molar-refractivity contribution in [2.24, 2.45) is 0 Å². The molecular weight excluding hydrogens is 402 g/mol. The van der Waals surface area contributed by atoms with Crippen LogP contribution < -0.4 is 10.9 Å². The van der Waals surface area contributed by atoms with Gasteiger partial charge in [0.1, 0.15) is 5.58 Å². The van der Waals surface area contributed by atoms with Gasteiger partial charge in [-0.2, -0.15) is 0 Å². The average molecular weight is 422 g/mol. The summed E-state index contributed by atoms with van der Waals surface area (Å²) in [6, 6.07) is 28.5. The minimum atomic E-state index is -0.293. The number of para-hydroxylation sites is 1. The molecule has 4 aromatic carbocycles. The molecule has 1 atom stereocenters. The highest BCUT2D eigenvalue weighted by Crippen LogP contribution is 2.47. The van der Waals surface area contributed by atoms with Crippen LogP contribution in [0.1, 0.15) is 17.2 Å². The van der Waals surface area contributed by atoms with Crippen LogP contribution in [0.4, 0.5) is 5.69 Å². The number of anilines is 1. The largest absolute Gasteiger partial charge is 0.422 e. The molecular formula is C27H19NO2S. The lowest BCUT2D eigenvalue weighted by Gasteiger charge is -2.30. The van der Waals surface area contributed by atoms with Gasteiger partial charge in [-0.3, -0.25) is 0 Å². The summed E-state index contributed by atoms with van der Waals surface area (Å²) in [5, 5.41) is 6.87. The van der Waals surface area contributed by atoms with E-state index in [1.165, 1.54) is 4.90 Å². The summed E-state index contributed by atoms with van der Waals surface area (Å²) in [7, 11) is 0. The predicted octanol–water partition coefficient (Wildman–Crippen LogP) is 6.85. The van der Waals surface area contributed by atoms with Gasteiger partial charge in [0.25, 0.3) is 0 Å². The summed E-state index contributed by atoms with van der Waals surface area (Å²) in [6.07, 6.45) is 2.06. The van der Waals surface area contributed by atoms with Gasteiger partial charge in [-0.1, -0.05) is 60.7 Å². The smallest absolute Gasteiger partial charge is 0.342 e. The molecule has 31 heavy (non-hydrogen) atoms. The lowest BCUT2D eigenvalue weighted by molar-refractivity contribution is 0.547. The molecule has 0 bridgehead atoms. The van der Waals surface area contributed by atoms with Crippen LogP contribution in [-0.2, 0) is 0 Å². The Morgan fingerprint density at radius 1 is 0.806 bits per heavy atom. The van der Waals surface area contributed by atoms with Gasteiger partial charge in [0.2, 0.25) is 0 Å². The molecule has 6 rings (SSSR count). The van der Waals surface area contributed by atoms with E-state index < -0.39 is 0 Å². The van der Waals surface area contributed by atoms with Gasteiger partial charge in [0, 0.05) is 27.1 Å². The van der Waals surface area contributed by atoms with E-state index in [0.29, 0.717) is 11.1 Å². The number of nitrogens with one attached hydrogen (secondary N) is 1. The summed E-state index contributed by atoms with van der Waals surface area (Å²) in [5.41, 5.74) is 5.09. The van der Waals surface area contributed by atoms with Crippen LogP contribution in [0, 0.1) is 0 Å². The summed E-state index contributed by atoms with van der Waals surface area (Å²) in [4.78, 5) is 14.5. The van der Waals surface area contributed by atoms with Crippen molar-refractivity contribution < 1.29 is 4.42 Å². The third-order valence-corrected chi connectivity index (χ3v) is 6.81. The van der Waals surface area contributed by atoms with Crippen LogP contribution in [0.25, 0.3) is 32.9 Å². The number of hydrogen-bond acceptors (Lipinski definition) is 4. The Hall–Kier alpha value is -3.50. The highest BCUT2D eigenvalue weighted by Gasteiger charge is 2.32. The molecule has 4 heteroatoms. The fourth-order valence-corrected chi connectivity index (χ4v) is 5.04. The molecule has 3 nitrogen and oxygen atoms in total. The zero-order chi connectivity index (χ0) is 20.9. The van der Waals surface area contributed by atoms with Crippen molar-refractivity contribution >= 4 is 39.2 Å². The number of thioether (sulfide) groups is 1. The molecule has 0 fully saturated rings. The highest BCUT2D eigenvalue weighted by atomic mass is 32.2. The first kappa shape index (κ1) is 18.3. The Bertz CT molecular complexity index is 1520. The van der Waals surface area contributed by atoms with Gasteiger partial charge in [-0.25, -0.2) is 4.79 Å². The minimum Gasteiger partial charge on any atom is -0.422 e. The molecule has 1 aromatic heterocycles. The molecule has 2 heterocycles. The average Bonchev–Trinajstić information content (AvgIpc) is 2.83. The molecule has 0 saturated carbocycles. The number of fused-ring (bicyclic) bond motifs is 7. The Labute approximate surface area is 183 Å². The first-order chi connectivity index (χ1) is 15.2. The van der Waals surface area contributed by atoms with E-state index in [0.717, 1.165) is 38.5 Å². The lowest BCUT2D eigenvalue weighted by atomic mass is 9.83. The Morgan fingerprint density at radius 2 is 1.55 bits per heavy atom. The minimum absolute atomic E-state index is 0.277. The summed E-state index contributed by atoms with van der Waals surface area (Å²) >= 11 is 1.70. The van der Waals surface area contributed by atoms with Crippen molar-refractivity contribution in [2.75, 3.05) is 11.6 Å². The van der Waals surface area contributed by atoms with Crippen LogP contribution in [0.5, 0.6) is 0 Å². The molecule has 0 amide bonds. The Kier molecular flexibility index (Phi) is 4.15. The van der Waals surface area contributed by atoms with E-state index >= 15 is 0 Å². The number of hydrogen-bond donors (Lipinski definition) is 1. The second kappa shape index (κ2) is 7.03. The van der Waals surface area contributed by atoms with Crippen molar-refractivity contribution in [1.29, 1.82) is 0 Å². The van der Waals surface area contributed by atoms with Gasteiger partial charge in [-0.15, -0.1) is 11.8 Å². The molecule has 0 radical (unpaired) electrons. The van der Waals surface area contributed by atoms with E-state index in [-0.39, 0.29) is 11.7 Å². The van der Waals surface area contributed by atoms with E-state index in [2.05, 4.69) is 60.1 Å². The molecule has 5 aromatic rings. The molecule has 1 N–H and O–H groups in total. The monoisotopic (exact) mass is 421 g/mol. The van der Waals surface area contributed by atoms with E-state index in [1.54, 1.807) is 11.8 Å². The SMILES string of the molecule is CSc1ccc(C2Nc3ccc4ccccc4c3-c3c2c(=O)oc2ccccc32)cc1. The standard InChI is InChI=1S/C27H19NO2S/c1-31-18-13-10-17(11-14-18)26-25-24(20-8-4-5-9-22(20)30-27(25)29)23-19-7-3-2-6-16(19)12-15-21(23)28-26/h2-15,26,28H,1H3. The molecule has 0 saturated heterocycles. The van der Waals surface area contributed by atoms with Crippen LogP contribution in [-0.4, -0.2) is 6.26 Å². The first-order valence-electron chi connectivity index (χ1n) is 10.2. The summed E-state index contributed by atoms with van der Waals surface area (Å²) in [5.74, 6) is 0. The van der Waals surface area contributed by atoms with Crippen molar-refractivity contribution in [3.63, 3.8) is 0 Å². The zero-order valence-electron chi connectivity index (χ0n) is 16.9. The molecule has 0 spiro atoms. The summed E-state index contributed by atoms with van der Waals surface area (Å²) in [6.45, 7) is 0. The fraction of sp³-hybridized carbons (Fsp3) is 0.0741. The summed E-state index contributed by atoms with van der Waals surface area (Å²) < 4.78 is 5.78. The van der Waals surface area contributed by atoms with Crippen LogP contribution in [0.2, 0.25) is 0 Å². The maximum Gasteiger partial charge on any atom is 0.342 e. The third kappa shape index (κ3) is 2.79. The van der Waals surface area contributed by atoms with Crippen LogP contribution in [0.15, 0.2) is 99.0 Å². The number of rotatable bonds is 2. The van der Waals surface area contributed by atoms with Gasteiger partial charge < -0.3 is 9.73 Å². The van der Waals surface area contributed by atoms with E-state index in [1.807, 2.05) is 36.4 Å². The molecule has 1 aliphatic rings. The van der Waals surface area contributed by atoms with Gasteiger partial charge in [0.05, 0.1) is 11.6 Å². The normalized spacial score (nSPS) is 14.8. The molecule has 1 unspecified atom stereocenters.